The number of carbonyl (C=O) groups is 2. The summed E-state index contributed by atoms with van der Waals surface area (Å²) in [6.45, 7) is 1.27. The van der Waals surface area contributed by atoms with Crippen LogP contribution in [0.3, 0.4) is 0 Å². The minimum atomic E-state index is -0.896. The van der Waals surface area contributed by atoms with Crippen molar-refractivity contribution in [1.29, 1.82) is 0 Å². The van der Waals surface area contributed by atoms with Gasteiger partial charge in [-0.05, 0) is 31.6 Å². The Bertz CT molecular complexity index is 412. The van der Waals surface area contributed by atoms with Crippen molar-refractivity contribution in [3.05, 3.63) is 0 Å². The number of amides is 2. The summed E-state index contributed by atoms with van der Waals surface area (Å²) in [5, 5.41) is 12.0. The fourth-order valence-electron chi connectivity index (χ4n) is 4.06. The van der Waals surface area contributed by atoms with Crippen molar-refractivity contribution in [1.82, 2.24) is 10.2 Å². The highest BCUT2D eigenvalue weighted by Gasteiger charge is 2.39. The quantitative estimate of drug-likeness (QED) is 0.808. The van der Waals surface area contributed by atoms with E-state index in [1.807, 2.05) is 4.90 Å². The summed E-state index contributed by atoms with van der Waals surface area (Å²) in [7, 11) is 0. The molecule has 4 unspecified atom stereocenters. The number of hydrogen-bond donors (Lipinski definition) is 2. The second kappa shape index (κ2) is 6.22. The van der Waals surface area contributed by atoms with Crippen LogP contribution >= 0.6 is 0 Å². The van der Waals surface area contributed by atoms with Crippen molar-refractivity contribution in [2.45, 2.75) is 50.6 Å². The summed E-state index contributed by atoms with van der Waals surface area (Å²) in [5.41, 5.74) is 0. The third kappa shape index (κ3) is 3.00. The number of carboxylic acid groups (broad SMARTS) is 1. The van der Waals surface area contributed by atoms with Crippen LogP contribution in [0.1, 0.15) is 38.5 Å². The van der Waals surface area contributed by atoms with Crippen LogP contribution in [-0.4, -0.2) is 53.8 Å². The SMILES string of the molecule is O=C(O)C1COCC1NC(=O)N1CCCC2CCCCC21. The van der Waals surface area contributed by atoms with Gasteiger partial charge in [0.15, 0.2) is 0 Å². The van der Waals surface area contributed by atoms with Crippen molar-refractivity contribution in [2.75, 3.05) is 19.8 Å². The zero-order chi connectivity index (χ0) is 14.8. The lowest BCUT2D eigenvalue weighted by Gasteiger charge is -2.44. The molecule has 4 atom stereocenters. The maximum absolute atomic E-state index is 12.5. The van der Waals surface area contributed by atoms with E-state index in [9.17, 15) is 9.59 Å². The van der Waals surface area contributed by atoms with Gasteiger partial charge in [0.1, 0.15) is 5.92 Å². The van der Waals surface area contributed by atoms with Crippen molar-refractivity contribution >= 4 is 12.0 Å². The van der Waals surface area contributed by atoms with Gasteiger partial charge in [0.2, 0.25) is 0 Å². The van der Waals surface area contributed by atoms with Gasteiger partial charge in [-0.1, -0.05) is 12.8 Å². The van der Waals surface area contributed by atoms with E-state index >= 15 is 0 Å². The van der Waals surface area contributed by atoms with Gasteiger partial charge < -0.3 is 20.1 Å². The van der Waals surface area contributed by atoms with Gasteiger partial charge in [-0.3, -0.25) is 4.79 Å². The first-order chi connectivity index (χ1) is 10.2. The first-order valence-corrected chi connectivity index (χ1v) is 8.04. The molecule has 0 bridgehead atoms. The van der Waals surface area contributed by atoms with Gasteiger partial charge >= 0.3 is 12.0 Å². The van der Waals surface area contributed by atoms with Crippen molar-refractivity contribution in [2.24, 2.45) is 11.8 Å². The maximum atomic E-state index is 12.5. The van der Waals surface area contributed by atoms with Crippen LogP contribution in [0.25, 0.3) is 0 Å². The summed E-state index contributed by atoms with van der Waals surface area (Å²) in [4.78, 5) is 25.6. The molecule has 118 valence electrons. The highest BCUT2D eigenvalue weighted by atomic mass is 16.5. The van der Waals surface area contributed by atoms with E-state index in [0.717, 1.165) is 19.4 Å². The topological polar surface area (TPSA) is 78.9 Å². The molecule has 1 saturated carbocycles. The molecule has 2 saturated heterocycles. The molecule has 1 aliphatic carbocycles. The number of fused-ring (bicyclic) bond motifs is 1. The van der Waals surface area contributed by atoms with Crippen LogP contribution in [0, 0.1) is 11.8 Å². The molecule has 2 amide bonds. The monoisotopic (exact) mass is 296 g/mol. The summed E-state index contributed by atoms with van der Waals surface area (Å²) in [6, 6.07) is -0.162. The minimum Gasteiger partial charge on any atom is -0.481 e. The molecule has 6 nitrogen and oxygen atoms in total. The lowest BCUT2D eigenvalue weighted by molar-refractivity contribution is -0.142. The number of urea groups is 1. The van der Waals surface area contributed by atoms with E-state index in [1.165, 1.54) is 25.7 Å². The minimum absolute atomic E-state index is 0.103. The summed E-state index contributed by atoms with van der Waals surface area (Å²) < 4.78 is 5.21. The van der Waals surface area contributed by atoms with Crippen LogP contribution in [-0.2, 0) is 9.53 Å². The number of carboxylic acids is 1. The standard InChI is InChI=1S/C15H24N2O4/c18-14(19)11-8-21-9-12(11)16-15(20)17-7-3-5-10-4-1-2-6-13(10)17/h10-13H,1-9H2,(H,16,20)(H,18,19). The zero-order valence-corrected chi connectivity index (χ0v) is 12.3. The Kier molecular flexibility index (Phi) is 4.33. The molecule has 2 N–H and O–H groups in total. The lowest BCUT2D eigenvalue weighted by Crippen LogP contribution is -2.56. The van der Waals surface area contributed by atoms with Crippen LogP contribution in [0.5, 0.6) is 0 Å². The average Bonchev–Trinajstić information content (AvgIpc) is 2.95. The van der Waals surface area contributed by atoms with Gasteiger partial charge in [0.25, 0.3) is 0 Å². The molecule has 0 spiro atoms. The number of nitrogens with zero attached hydrogens (tertiary/aromatic N) is 1. The normalized spacial score (nSPS) is 36.1. The van der Waals surface area contributed by atoms with Crippen LogP contribution in [0.4, 0.5) is 4.79 Å². The molecule has 3 fully saturated rings. The number of likely N-dealkylation sites (tertiary alicyclic amines) is 1. The van der Waals surface area contributed by atoms with E-state index < -0.39 is 17.9 Å². The number of piperidine rings is 1. The zero-order valence-electron chi connectivity index (χ0n) is 12.3. The number of rotatable bonds is 2. The summed E-state index contributed by atoms with van der Waals surface area (Å²) >= 11 is 0. The third-order valence-corrected chi connectivity index (χ3v) is 5.21. The third-order valence-electron chi connectivity index (χ3n) is 5.21. The molecule has 0 aromatic rings. The van der Waals surface area contributed by atoms with Gasteiger partial charge in [-0.15, -0.1) is 0 Å². The molecular formula is C15H24N2O4. The Hall–Kier alpha value is -1.30. The van der Waals surface area contributed by atoms with Crippen molar-refractivity contribution in [3.63, 3.8) is 0 Å². The van der Waals surface area contributed by atoms with E-state index in [0.29, 0.717) is 18.6 Å². The summed E-state index contributed by atoms with van der Waals surface area (Å²) in [5.74, 6) is -0.888. The van der Waals surface area contributed by atoms with Crippen LogP contribution < -0.4 is 5.32 Å². The number of hydrogen-bond acceptors (Lipinski definition) is 3. The molecular weight excluding hydrogens is 272 g/mol. The first kappa shape index (κ1) is 14.6. The van der Waals surface area contributed by atoms with Crippen LogP contribution in [0.2, 0.25) is 0 Å². The molecule has 21 heavy (non-hydrogen) atoms. The highest BCUT2D eigenvalue weighted by Crippen LogP contribution is 2.35. The average molecular weight is 296 g/mol. The number of carbonyl (C=O) groups excluding carboxylic acids is 1. The van der Waals surface area contributed by atoms with Gasteiger partial charge in [-0.25, -0.2) is 4.79 Å². The predicted molar refractivity (Wildman–Crippen MR) is 76.0 cm³/mol. The molecule has 0 radical (unpaired) electrons. The van der Waals surface area contributed by atoms with Gasteiger partial charge in [0.05, 0.1) is 19.3 Å². The molecule has 6 heteroatoms. The Morgan fingerprint density at radius 3 is 2.67 bits per heavy atom. The highest BCUT2D eigenvalue weighted by molar-refractivity contribution is 5.77. The molecule has 0 aromatic carbocycles. The van der Waals surface area contributed by atoms with Crippen LogP contribution in [0.15, 0.2) is 0 Å². The van der Waals surface area contributed by atoms with E-state index in [1.54, 1.807) is 0 Å². The Balaban J connectivity index is 1.62. The smallest absolute Gasteiger partial charge is 0.317 e. The fraction of sp³-hybridized carbons (Fsp3) is 0.867. The molecule has 2 aliphatic heterocycles. The van der Waals surface area contributed by atoms with Crippen molar-refractivity contribution < 1.29 is 19.4 Å². The predicted octanol–water partition coefficient (Wildman–Crippen LogP) is 1.45. The van der Waals surface area contributed by atoms with Crippen molar-refractivity contribution in [3.8, 4) is 0 Å². The number of ether oxygens (including phenoxy) is 1. The number of nitrogens with one attached hydrogen (secondary N) is 1. The Morgan fingerprint density at radius 2 is 1.86 bits per heavy atom. The Labute approximate surface area is 124 Å². The van der Waals surface area contributed by atoms with Gasteiger partial charge in [0, 0.05) is 12.6 Å². The van der Waals surface area contributed by atoms with E-state index in [-0.39, 0.29) is 12.6 Å². The van der Waals surface area contributed by atoms with E-state index in [4.69, 9.17) is 9.84 Å². The second-order valence-corrected chi connectivity index (χ2v) is 6.49. The lowest BCUT2D eigenvalue weighted by atomic mass is 9.78. The molecule has 3 aliphatic rings. The molecule has 0 aromatic heterocycles. The first-order valence-electron chi connectivity index (χ1n) is 8.04. The van der Waals surface area contributed by atoms with E-state index in [2.05, 4.69) is 5.32 Å². The second-order valence-electron chi connectivity index (χ2n) is 6.49. The largest absolute Gasteiger partial charge is 0.481 e. The maximum Gasteiger partial charge on any atom is 0.317 e. The summed E-state index contributed by atoms with van der Waals surface area (Å²) in [6.07, 6.45) is 7.04. The fourth-order valence-corrected chi connectivity index (χ4v) is 4.06. The molecule has 2 heterocycles. The molecule has 3 rings (SSSR count). The Morgan fingerprint density at radius 1 is 1.10 bits per heavy atom. The van der Waals surface area contributed by atoms with Gasteiger partial charge in [-0.2, -0.15) is 0 Å². The number of aliphatic carboxylic acids is 1.